The third-order valence-corrected chi connectivity index (χ3v) is 9.84. The number of halogens is 3. The number of fused-ring (bicyclic) bond motifs is 1. The number of alkyl halides is 1. The number of nitriles is 1. The summed E-state index contributed by atoms with van der Waals surface area (Å²) in [7, 11) is 1.77. The molecule has 6 rings (SSSR count). The number of ether oxygens (including phenoxy) is 2. The minimum atomic E-state index is -1.77. The normalized spacial score (nSPS) is 21.2. The average molecular weight is 757 g/mol. The van der Waals surface area contributed by atoms with Crippen LogP contribution in [-0.2, 0) is 41.0 Å². The number of carbonyl (C=O) groups is 1. The Balaban J connectivity index is 1.61. The maximum absolute atomic E-state index is 17.0. The molecular formula is C34H31ClFIN4O5. The number of hydrogen-bond donors (Lipinski definition) is 2. The Morgan fingerprint density at radius 2 is 2.02 bits per heavy atom. The molecule has 4 atom stereocenters. The molecule has 238 valence electrons. The summed E-state index contributed by atoms with van der Waals surface area (Å²) in [5.41, 5.74) is -1.18. The molecule has 2 aliphatic rings. The third-order valence-electron chi connectivity index (χ3n) is 8.69. The van der Waals surface area contributed by atoms with Crippen LogP contribution in [0.5, 0.6) is 0 Å². The quantitative estimate of drug-likeness (QED) is 0.176. The van der Waals surface area contributed by atoms with Crippen molar-refractivity contribution in [3.63, 3.8) is 0 Å². The van der Waals surface area contributed by atoms with E-state index in [9.17, 15) is 20.3 Å². The fraction of sp³-hybridized carbons (Fsp3) is 0.324. The lowest BCUT2D eigenvalue weighted by molar-refractivity contribution is -0.148. The number of carbonyl (C=O) groups excluding carboxylic acids is 1. The summed E-state index contributed by atoms with van der Waals surface area (Å²) in [4.78, 5) is 20.5. The second kappa shape index (κ2) is 12.7. The lowest BCUT2D eigenvalue weighted by atomic mass is 9.84. The number of hydrogen-bond acceptors (Lipinski definition) is 7. The van der Waals surface area contributed by atoms with Crippen LogP contribution in [0, 0.1) is 17.1 Å². The average Bonchev–Trinajstić information content (AvgIpc) is 3.78. The Kier molecular flexibility index (Phi) is 8.97. The van der Waals surface area contributed by atoms with Crippen LogP contribution in [0.15, 0.2) is 67.1 Å². The van der Waals surface area contributed by atoms with Gasteiger partial charge in [-0.25, -0.2) is 9.37 Å². The zero-order valence-electron chi connectivity index (χ0n) is 25.1. The minimum absolute atomic E-state index is 0.000789. The molecule has 3 aromatic carbocycles. The van der Waals surface area contributed by atoms with Gasteiger partial charge in [-0.3, -0.25) is 9.69 Å². The number of imidazole rings is 1. The van der Waals surface area contributed by atoms with Crippen molar-refractivity contribution >= 4 is 40.1 Å². The second-order valence-electron chi connectivity index (χ2n) is 11.6. The van der Waals surface area contributed by atoms with Gasteiger partial charge in [0.1, 0.15) is 11.4 Å². The minimum Gasteiger partial charge on any atom is -0.392 e. The smallest absolute Gasteiger partial charge is 0.257 e. The van der Waals surface area contributed by atoms with E-state index in [0.717, 1.165) is 0 Å². The van der Waals surface area contributed by atoms with E-state index in [-0.39, 0.29) is 36.4 Å². The zero-order chi connectivity index (χ0) is 32.8. The fourth-order valence-electron chi connectivity index (χ4n) is 6.32. The maximum Gasteiger partial charge on any atom is 0.257 e. The van der Waals surface area contributed by atoms with E-state index in [0.29, 0.717) is 46.0 Å². The van der Waals surface area contributed by atoms with Crippen LogP contribution < -0.4 is 0 Å². The zero-order valence-corrected chi connectivity index (χ0v) is 28.0. The van der Waals surface area contributed by atoms with E-state index in [2.05, 4.69) is 33.6 Å². The number of amides is 1. The first-order valence-electron chi connectivity index (χ1n) is 14.7. The molecule has 0 aliphatic carbocycles. The van der Waals surface area contributed by atoms with E-state index in [1.165, 1.54) is 17.0 Å². The van der Waals surface area contributed by atoms with E-state index in [4.69, 9.17) is 21.1 Å². The van der Waals surface area contributed by atoms with Crippen LogP contribution in [0.25, 0.3) is 0 Å². The van der Waals surface area contributed by atoms with Crippen molar-refractivity contribution in [3.05, 3.63) is 123 Å². The van der Waals surface area contributed by atoms with Gasteiger partial charge < -0.3 is 24.3 Å². The number of aliphatic hydroxyl groups is 2. The Hall–Kier alpha value is -3.38. The summed E-state index contributed by atoms with van der Waals surface area (Å²) in [6, 6.07) is 16.4. The van der Waals surface area contributed by atoms with Crippen molar-refractivity contribution in [2.75, 3.05) is 13.2 Å². The van der Waals surface area contributed by atoms with Gasteiger partial charge in [0.2, 0.25) is 5.72 Å². The van der Waals surface area contributed by atoms with E-state index < -0.39 is 33.1 Å². The van der Waals surface area contributed by atoms with E-state index in [1.54, 1.807) is 73.5 Å². The van der Waals surface area contributed by atoms with Crippen molar-refractivity contribution in [3.8, 4) is 6.07 Å². The van der Waals surface area contributed by atoms with Gasteiger partial charge in [-0.1, -0.05) is 52.4 Å². The van der Waals surface area contributed by atoms with Crippen LogP contribution in [0.3, 0.4) is 0 Å². The van der Waals surface area contributed by atoms with Gasteiger partial charge in [-0.05, 0) is 66.4 Å². The molecule has 2 unspecified atom stereocenters. The lowest BCUT2D eigenvalue weighted by Crippen LogP contribution is -2.49. The largest absolute Gasteiger partial charge is 0.392 e. The van der Waals surface area contributed by atoms with E-state index in [1.807, 2.05) is 0 Å². The van der Waals surface area contributed by atoms with Crippen molar-refractivity contribution in [1.29, 1.82) is 5.26 Å². The molecule has 9 nitrogen and oxygen atoms in total. The summed E-state index contributed by atoms with van der Waals surface area (Å²) in [6.45, 7) is 2.01. The van der Waals surface area contributed by atoms with Crippen LogP contribution in [0.2, 0.25) is 5.02 Å². The molecule has 1 saturated heterocycles. The van der Waals surface area contributed by atoms with E-state index >= 15 is 4.39 Å². The molecule has 0 spiro atoms. The van der Waals surface area contributed by atoms with Crippen molar-refractivity contribution < 1.29 is 28.9 Å². The molecule has 1 aromatic heterocycles. The number of aryl methyl sites for hydroxylation is 1. The fourth-order valence-corrected chi connectivity index (χ4v) is 7.12. The lowest BCUT2D eigenvalue weighted by Gasteiger charge is -2.41. The summed E-state index contributed by atoms with van der Waals surface area (Å²) in [6.07, 6.45) is 3.26. The molecule has 3 heterocycles. The van der Waals surface area contributed by atoms with Gasteiger partial charge in [0.25, 0.3) is 5.91 Å². The monoisotopic (exact) mass is 756 g/mol. The summed E-state index contributed by atoms with van der Waals surface area (Å²) >= 11 is 8.36. The first-order chi connectivity index (χ1) is 22.0. The van der Waals surface area contributed by atoms with Crippen LogP contribution in [0.1, 0.15) is 62.8 Å². The molecule has 1 fully saturated rings. The molecule has 4 aromatic rings. The predicted octanol–water partition coefficient (Wildman–Crippen LogP) is 5.30. The number of nitrogens with zero attached hydrogens (tertiary/aromatic N) is 4. The van der Waals surface area contributed by atoms with Crippen molar-refractivity contribution in [2.45, 2.75) is 47.9 Å². The van der Waals surface area contributed by atoms with Crippen LogP contribution in [-0.4, -0.2) is 53.8 Å². The van der Waals surface area contributed by atoms with Gasteiger partial charge >= 0.3 is 0 Å². The number of benzene rings is 3. The SMILES string of the molecule is CC(I)C(O)(c1cc(F)c2c(c1)C(=O)N(Cc1ccc(C#N)cc1CO)[C@@]2(O[C@H]1CCOC1)c1ccc(Cl)cc1)c1cn(C)cn1. The molecule has 0 bridgehead atoms. The third kappa shape index (κ3) is 5.40. The second-order valence-corrected chi connectivity index (χ2v) is 13.9. The molecule has 12 heteroatoms. The maximum atomic E-state index is 17.0. The van der Waals surface area contributed by atoms with Gasteiger partial charge in [0.15, 0.2) is 0 Å². The first kappa shape index (κ1) is 32.6. The van der Waals surface area contributed by atoms with Crippen molar-refractivity contribution in [1.82, 2.24) is 14.5 Å². The number of rotatable bonds is 9. The Morgan fingerprint density at radius 1 is 1.26 bits per heavy atom. The highest BCUT2D eigenvalue weighted by atomic mass is 127. The molecule has 0 radical (unpaired) electrons. The highest BCUT2D eigenvalue weighted by Crippen LogP contribution is 2.50. The molecule has 2 N–H and O–H groups in total. The molecule has 0 saturated carbocycles. The molecular weight excluding hydrogens is 726 g/mol. The highest BCUT2D eigenvalue weighted by molar-refractivity contribution is 14.1. The Morgan fingerprint density at radius 3 is 2.63 bits per heavy atom. The van der Waals surface area contributed by atoms with Gasteiger partial charge in [-0.15, -0.1) is 0 Å². The molecule has 1 amide bonds. The molecule has 46 heavy (non-hydrogen) atoms. The Labute approximate surface area is 284 Å². The van der Waals surface area contributed by atoms with Gasteiger partial charge in [0, 0.05) is 40.9 Å². The summed E-state index contributed by atoms with van der Waals surface area (Å²) in [5.74, 6) is -1.28. The van der Waals surface area contributed by atoms with Crippen LogP contribution in [0.4, 0.5) is 4.39 Å². The summed E-state index contributed by atoms with van der Waals surface area (Å²) in [5, 5.41) is 32.2. The summed E-state index contributed by atoms with van der Waals surface area (Å²) < 4.78 is 30.7. The predicted molar refractivity (Wildman–Crippen MR) is 176 cm³/mol. The Bertz CT molecular complexity index is 1840. The molecule has 2 aliphatic heterocycles. The first-order valence-corrected chi connectivity index (χ1v) is 16.3. The van der Waals surface area contributed by atoms with Crippen molar-refractivity contribution in [2.24, 2.45) is 7.05 Å². The number of aromatic nitrogens is 2. The van der Waals surface area contributed by atoms with Crippen LogP contribution >= 0.6 is 34.2 Å². The van der Waals surface area contributed by atoms with Gasteiger partial charge in [-0.2, -0.15) is 5.26 Å². The highest BCUT2D eigenvalue weighted by Gasteiger charge is 2.56. The van der Waals surface area contributed by atoms with Gasteiger partial charge in [0.05, 0.1) is 54.1 Å². The number of aliphatic hydroxyl groups excluding tert-OH is 1. The topological polar surface area (TPSA) is 121 Å². The standard InChI is InChI=1S/C34H31ClFIN4O5/c1-20(37)33(44,30-16-40(2)19-39-30)25-12-28-31(29(36)13-25)34(46-27-9-10-45-18-27,24-5-7-26(35)8-6-24)41(32(28)43)15-22-4-3-21(14-38)11-23(22)17-42/h3-8,11-13,16,19-20,27,42,44H,9-10,15,17-18H2,1-2H3/t20?,27-,33?,34+/m0/s1.